The monoisotopic (exact) mass is 336 g/mol. The van der Waals surface area contributed by atoms with Crippen LogP contribution in [0.5, 0.6) is 5.75 Å². The van der Waals surface area contributed by atoms with Gasteiger partial charge in [-0.25, -0.2) is 0 Å². The Bertz CT molecular complexity index is 758. The van der Waals surface area contributed by atoms with Crippen LogP contribution in [-0.4, -0.2) is 12.6 Å². The number of hydrogen-bond donors (Lipinski definition) is 0. The highest BCUT2D eigenvalue weighted by Crippen LogP contribution is 2.21. The Labute approximate surface area is 148 Å². The number of ether oxygens (including phenoxy) is 2. The summed E-state index contributed by atoms with van der Waals surface area (Å²) in [5, 5.41) is 18.1. The first kappa shape index (κ1) is 19.7. The van der Waals surface area contributed by atoms with E-state index in [-0.39, 0.29) is 12.4 Å². The topological polar surface area (TPSA) is 83.1 Å². The number of carbonyl (C=O) groups is 1. The van der Waals surface area contributed by atoms with Gasteiger partial charge in [-0.2, -0.15) is 10.5 Å². The highest BCUT2D eigenvalue weighted by Gasteiger charge is 2.05. The third-order valence-corrected chi connectivity index (χ3v) is 3.06. The predicted octanol–water partition coefficient (Wildman–Crippen LogP) is 4.17. The van der Waals surface area contributed by atoms with E-state index < -0.39 is 0 Å². The summed E-state index contributed by atoms with van der Waals surface area (Å²) < 4.78 is 10.7. The van der Waals surface area contributed by atoms with Crippen molar-refractivity contribution in [2.75, 3.05) is 6.61 Å². The van der Waals surface area contributed by atoms with Crippen LogP contribution in [0.3, 0.4) is 0 Å². The van der Waals surface area contributed by atoms with Gasteiger partial charge >= 0.3 is 5.97 Å². The normalized spacial score (nSPS) is 11.7. The minimum atomic E-state index is -0.291. The second kappa shape index (κ2) is 10.5. The zero-order chi connectivity index (χ0) is 18.7. The lowest BCUT2D eigenvalue weighted by atomic mass is 10.1. The number of allylic oxidation sites excluding steroid dienone is 4. The molecule has 0 radical (unpaired) electrons. The molecule has 128 valence electrons. The number of rotatable bonds is 7. The zero-order valence-electron chi connectivity index (χ0n) is 14.6. The van der Waals surface area contributed by atoms with Crippen LogP contribution in [0.4, 0.5) is 0 Å². The molecule has 0 N–H and O–H groups in total. The maximum Gasteiger partial charge on any atom is 0.309 e. The van der Waals surface area contributed by atoms with Crippen LogP contribution in [0.15, 0.2) is 53.8 Å². The summed E-state index contributed by atoms with van der Waals surface area (Å²) in [7, 11) is 0. The van der Waals surface area contributed by atoms with Crippen LogP contribution < -0.4 is 4.74 Å². The number of hydrogen-bond acceptors (Lipinski definition) is 5. The van der Waals surface area contributed by atoms with E-state index >= 15 is 0 Å². The summed E-state index contributed by atoms with van der Waals surface area (Å²) >= 11 is 0. The molecule has 0 spiro atoms. The van der Waals surface area contributed by atoms with Crippen LogP contribution in [-0.2, 0) is 9.53 Å². The quantitative estimate of drug-likeness (QED) is 0.424. The van der Waals surface area contributed by atoms with Crippen molar-refractivity contribution in [2.24, 2.45) is 0 Å². The second-order valence-electron chi connectivity index (χ2n) is 5.03. The second-order valence-corrected chi connectivity index (χ2v) is 5.03. The third kappa shape index (κ3) is 6.76. The summed E-state index contributed by atoms with van der Waals surface area (Å²) in [6, 6.07) is 8.65. The molecule has 1 rings (SSSR count). The highest BCUT2D eigenvalue weighted by atomic mass is 16.5. The molecule has 0 unspecified atom stereocenters. The van der Waals surface area contributed by atoms with E-state index in [1.807, 2.05) is 32.1 Å². The van der Waals surface area contributed by atoms with Crippen molar-refractivity contribution in [3.63, 3.8) is 0 Å². The number of benzene rings is 1. The molecule has 5 heteroatoms. The molecule has 0 aliphatic rings. The Morgan fingerprint density at radius 3 is 2.32 bits per heavy atom. The minimum Gasteiger partial charge on any atom is -0.466 e. The third-order valence-electron chi connectivity index (χ3n) is 3.06. The van der Waals surface area contributed by atoms with E-state index in [2.05, 4.69) is 0 Å². The van der Waals surface area contributed by atoms with Crippen LogP contribution >= 0.6 is 0 Å². The number of carbonyl (C=O) groups excluding carboxylic acids is 1. The van der Waals surface area contributed by atoms with Crippen molar-refractivity contribution in [1.82, 2.24) is 0 Å². The maximum absolute atomic E-state index is 11.4. The standard InChI is InChI=1S/C20H20N2O3/c1-4-7-19(15(3)8-6-9-20(23)24-5-2)25-18-11-16(13-21)10-17(12-18)14-22/h4,6-8,10-12H,5,9H2,1-3H3/b7-4-,8-6+,19-15+. The van der Waals surface area contributed by atoms with Gasteiger partial charge in [0.25, 0.3) is 0 Å². The molecule has 0 heterocycles. The lowest BCUT2D eigenvalue weighted by Gasteiger charge is -2.10. The van der Waals surface area contributed by atoms with E-state index in [4.69, 9.17) is 20.0 Å². The smallest absolute Gasteiger partial charge is 0.309 e. The van der Waals surface area contributed by atoms with Gasteiger partial charge in [0.05, 0.1) is 36.3 Å². The number of esters is 1. The van der Waals surface area contributed by atoms with E-state index in [9.17, 15) is 4.79 Å². The molecular weight excluding hydrogens is 316 g/mol. The minimum absolute atomic E-state index is 0.177. The first-order valence-corrected chi connectivity index (χ1v) is 7.82. The molecule has 0 aromatic heterocycles. The van der Waals surface area contributed by atoms with Crippen molar-refractivity contribution in [1.29, 1.82) is 10.5 Å². The van der Waals surface area contributed by atoms with E-state index in [1.165, 1.54) is 6.07 Å². The largest absolute Gasteiger partial charge is 0.466 e. The highest BCUT2D eigenvalue weighted by molar-refractivity contribution is 5.71. The van der Waals surface area contributed by atoms with Gasteiger partial charge in [0, 0.05) is 0 Å². The SMILES string of the molecule is C\C=C/C(Oc1cc(C#N)cc(C#N)c1)=C(C)\C=C\CC(=O)OCC. The molecule has 0 saturated carbocycles. The van der Waals surface area contributed by atoms with Crippen molar-refractivity contribution in [2.45, 2.75) is 27.2 Å². The predicted molar refractivity (Wildman–Crippen MR) is 94.4 cm³/mol. The summed E-state index contributed by atoms with van der Waals surface area (Å²) in [4.78, 5) is 11.4. The average molecular weight is 336 g/mol. The summed E-state index contributed by atoms with van der Waals surface area (Å²) in [5.41, 5.74) is 1.50. The van der Waals surface area contributed by atoms with Gasteiger partial charge in [-0.15, -0.1) is 0 Å². The van der Waals surface area contributed by atoms with Crippen molar-refractivity contribution >= 4 is 5.97 Å². The van der Waals surface area contributed by atoms with Crippen LogP contribution in [0.2, 0.25) is 0 Å². The fraction of sp³-hybridized carbons (Fsp3) is 0.250. The molecule has 0 saturated heterocycles. The van der Waals surface area contributed by atoms with Gasteiger partial charge < -0.3 is 9.47 Å². The molecule has 0 bridgehead atoms. The fourth-order valence-corrected chi connectivity index (χ4v) is 1.95. The van der Waals surface area contributed by atoms with E-state index in [0.29, 0.717) is 29.2 Å². The molecule has 1 aromatic carbocycles. The van der Waals surface area contributed by atoms with Gasteiger partial charge in [-0.3, -0.25) is 4.79 Å². The van der Waals surface area contributed by atoms with Gasteiger partial charge in [0.1, 0.15) is 11.5 Å². The van der Waals surface area contributed by atoms with Crippen LogP contribution in [0.25, 0.3) is 0 Å². The van der Waals surface area contributed by atoms with Crippen LogP contribution in [0, 0.1) is 22.7 Å². The van der Waals surface area contributed by atoms with Crippen molar-refractivity contribution in [3.8, 4) is 17.9 Å². The molecule has 0 atom stereocenters. The molecule has 0 aliphatic heterocycles. The molecule has 0 amide bonds. The molecule has 1 aromatic rings. The molecule has 5 nitrogen and oxygen atoms in total. The summed E-state index contributed by atoms with van der Waals surface area (Å²) in [5.74, 6) is 0.670. The van der Waals surface area contributed by atoms with Crippen molar-refractivity contribution in [3.05, 3.63) is 65.0 Å². The van der Waals surface area contributed by atoms with Crippen molar-refractivity contribution < 1.29 is 14.3 Å². The first-order valence-electron chi connectivity index (χ1n) is 7.82. The first-order chi connectivity index (χ1) is 12.0. The lowest BCUT2D eigenvalue weighted by molar-refractivity contribution is -0.142. The van der Waals surface area contributed by atoms with E-state index in [1.54, 1.807) is 37.3 Å². The lowest BCUT2D eigenvalue weighted by Crippen LogP contribution is -2.01. The Morgan fingerprint density at radius 2 is 1.80 bits per heavy atom. The summed E-state index contributed by atoms with van der Waals surface area (Å²) in [6.07, 6.45) is 7.24. The maximum atomic E-state index is 11.4. The molecule has 25 heavy (non-hydrogen) atoms. The molecule has 0 fully saturated rings. The van der Waals surface area contributed by atoms with Crippen LogP contribution in [0.1, 0.15) is 38.3 Å². The van der Waals surface area contributed by atoms with Gasteiger partial charge in [0.2, 0.25) is 0 Å². The van der Waals surface area contributed by atoms with Gasteiger partial charge in [0.15, 0.2) is 0 Å². The fourth-order valence-electron chi connectivity index (χ4n) is 1.95. The molecular formula is C20H20N2O3. The van der Waals surface area contributed by atoms with E-state index in [0.717, 1.165) is 5.57 Å². The number of nitrogens with zero attached hydrogens (tertiary/aromatic N) is 2. The van der Waals surface area contributed by atoms with Gasteiger partial charge in [-0.1, -0.05) is 18.2 Å². The Balaban J connectivity index is 3.04. The Morgan fingerprint density at radius 1 is 1.16 bits per heavy atom. The summed E-state index contributed by atoms with van der Waals surface area (Å²) in [6.45, 7) is 5.81. The molecule has 0 aliphatic carbocycles. The average Bonchev–Trinajstić information content (AvgIpc) is 2.61. The Kier molecular flexibility index (Phi) is 8.26. The van der Waals surface area contributed by atoms with Gasteiger partial charge in [-0.05, 0) is 50.6 Å². The Hall–Kier alpha value is -3.31. The number of nitriles is 2. The zero-order valence-corrected chi connectivity index (χ0v) is 14.6.